The largest absolute Gasteiger partial charge is 0.423 e. The van der Waals surface area contributed by atoms with Crippen molar-refractivity contribution >= 4 is 28.2 Å². The summed E-state index contributed by atoms with van der Waals surface area (Å²) < 4.78 is 5.21. The summed E-state index contributed by atoms with van der Waals surface area (Å²) in [5, 5.41) is 5.65. The predicted molar refractivity (Wildman–Crippen MR) is 87.1 cm³/mol. The van der Waals surface area contributed by atoms with Crippen LogP contribution in [0.25, 0.3) is 11.0 Å². The van der Waals surface area contributed by atoms with Crippen molar-refractivity contribution in [3.63, 3.8) is 0 Å². The maximum Gasteiger partial charge on any atom is 0.336 e. The zero-order valence-electron chi connectivity index (χ0n) is 12.1. The molecule has 1 aromatic carbocycles. The second kappa shape index (κ2) is 6.15. The van der Waals surface area contributed by atoms with Gasteiger partial charge in [0.15, 0.2) is 0 Å². The molecule has 5 heteroatoms. The summed E-state index contributed by atoms with van der Waals surface area (Å²) in [4.78, 5) is 24.6. The van der Waals surface area contributed by atoms with Crippen molar-refractivity contribution in [3.8, 4) is 0 Å². The maximum absolute atomic E-state index is 12.0. The zero-order valence-corrected chi connectivity index (χ0v) is 12.9. The van der Waals surface area contributed by atoms with E-state index in [0.717, 1.165) is 21.4 Å². The molecular weight excluding hydrogens is 298 g/mol. The molecule has 0 aliphatic heterocycles. The number of fused-ring (bicyclic) bond motifs is 1. The second-order valence-corrected chi connectivity index (χ2v) is 6.16. The van der Waals surface area contributed by atoms with Crippen LogP contribution in [0, 0.1) is 6.92 Å². The van der Waals surface area contributed by atoms with E-state index >= 15 is 0 Å². The molecule has 22 heavy (non-hydrogen) atoms. The van der Waals surface area contributed by atoms with Crippen LogP contribution in [0.3, 0.4) is 0 Å². The molecule has 0 bridgehead atoms. The van der Waals surface area contributed by atoms with Gasteiger partial charge >= 0.3 is 5.63 Å². The third-order valence-electron chi connectivity index (χ3n) is 3.38. The average Bonchev–Trinajstić information content (AvgIpc) is 2.97. The Bertz CT molecular complexity index is 865. The Morgan fingerprint density at radius 1 is 1.27 bits per heavy atom. The van der Waals surface area contributed by atoms with E-state index < -0.39 is 5.63 Å². The topological polar surface area (TPSA) is 59.3 Å². The minimum Gasteiger partial charge on any atom is -0.423 e. The van der Waals surface area contributed by atoms with E-state index in [1.165, 1.54) is 6.07 Å². The quantitative estimate of drug-likeness (QED) is 0.753. The first kappa shape index (κ1) is 14.5. The van der Waals surface area contributed by atoms with Gasteiger partial charge in [0.25, 0.3) is 0 Å². The second-order valence-electron chi connectivity index (χ2n) is 5.12. The van der Waals surface area contributed by atoms with Gasteiger partial charge in [-0.1, -0.05) is 18.2 Å². The van der Waals surface area contributed by atoms with Crippen LogP contribution in [-0.4, -0.2) is 5.91 Å². The lowest BCUT2D eigenvalue weighted by molar-refractivity contribution is -0.120. The summed E-state index contributed by atoms with van der Waals surface area (Å²) in [7, 11) is 0. The number of nitrogens with one attached hydrogen (secondary N) is 1. The molecule has 3 aromatic rings. The molecule has 0 saturated carbocycles. The first-order valence-corrected chi connectivity index (χ1v) is 7.82. The van der Waals surface area contributed by atoms with Crippen LogP contribution in [0.4, 0.5) is 0 Å². The molecule has 4 nitrogen and oxygen atoms in total. The minimum absolute atomic E-state index is 0.0593. The molecular formula is C17H15NO3S. The Labute approximate surface area is 131 Å². The Kier molecular flexibility index (Phi) is 4.06. The number of amides is 1. The van der Waals surface area contributed by atoms with Gasteiger partial charge in [0.05, 0.1) is 6.42 Å². The number of carbonyl (C=O) groups excluding carboxylic acids is 1. The van der Waals surface area contributed by atoms with Gasteiger partial charge in [0, 0.05) is 22.9 Å². The minimum atomic E-state index is -0.402. The first-order chi connectivity index (χ1) is 10.6. The monoisotopic (exact) mass is 313 g/mol. The fraction of sp³-hybridized carbons (Fsp3) is 0.176. The zero-order chi connectivity index (χ0) is 15.5. The molecule has 0 aliphatic carbocycles. The molecule has 0 fully saturated rings. The first-order valence-electron chi connectivity index (χ1n) is 6.94. The fourth-order valence-corrected chi connectivity index (χ4v) is 3.01. The third kappa shape index (κ3) is 3.26. The molecule has 0 saturated heterocycles. The van der Waals surface area contributed by atoms with Crippen LogP contribution in [0.15, 0.2) is 51.0 Å². The lowest BCUT2D eigenvalue weighted by Gasteiger charge is -2.07. The molecule has 1 N–H and O–H groups in total. The van der Waals surface area contributed by atoms with E-state index in [4.69, 9.17) is 4.42 Å². The van der Waals surface area contributed by atoms with Gasteiger partial charge in [-0.15, -0.1) is 11.3 Å². The molecule has 112 valence electrons. The highest BCUT2D eigenvalue weighted by atomic mass is 32.1. The van der Waals surface area contributed by atoms with Crippen molar-refractivity contribution in [1.29, 1.82) is 0 Å². The number of hydrogen-bond acceptors (Lipinski definition) is 4. The van der Waals surface area contributed by atoms with Crippen LogP contribution in [0.2, 0.25) is 0 Å². The highest BCUT2D eigenvalue weighted by Crippen LogP contribution is 2.18. The molecule has 0 radical (unpaired) electrons. The van der Waals surface area contributed by atoms with Crippen molar-refractivity contribution in [1.82, 2.24) is 5.32 Å². The van der Waals surface area contributed by atoms with E-state index in [1.807, 2.05) is 42.6 Å². The van der Waals surface area contributed by atoms with E-state index in [2.05, 4.69) is 5.32 Å². The van der Waals surface area contributed by atoms with Crippen molar-refractivity contribution < 1.29 is 9.21 Å². The Morgan fingerprint density at radius 2 is 2.14 bits per heavy atom. The molecule has 0 atom stereocenters. The highest BCUT2D eigenvalue weighted by Gasteiger charge is 2.08. The lowest BCUT2D eigenvalue weighted by Crippen LogP contribution is -2.24. The lowest BCUT2D eigenvalue weighted by atomic mass is 10.1. The SMILES string of the molecule is Cc1ccc2c(CNC(=O)Cc3cccs3)cc(=O)oc2c1. The van der Waals surface area contributed by atoms with Gasteiger partial charge < -0.3 is 9.73 Å². The van der Waals surface area contributed by atoms with Gasteiger partial charge in [-0.25, -0.2) is 4.79 Å². The number of aryl methyl sites for hydroxylation is 1. The van der Waals surface area contributed by atoms with Gasteiger partial charge in [0.2, 0.25) is 5.91 Å². The normalized spacial score (nSPS) is 10.8. The average molecular weight is 313 g/mol. The number of benzene rings is 1. The highest BCUT2D eigenvalue weighted by molar-refractivity contribution is 7.10. The van der Waals surface area contributed by atoms with Crippen molar-refractivity contribution in [3.05, 3.63) is 68.2 Å². The molecule has 0 spiro atoms. The summed E-state index contributed by atoms with van der Waals surface area (Å²) >= 11 is 1.55. The fourth-order valence-electron chi connectivity index (χ4n) is 2.31. The molecule has 2 heterocycles. The van der Waals surface area contributed by atoms with Crippen molar-refractivity contribution in [2.24, 2.45) is 0 Å². The number of carbonyl (C=O) groups is 1. The molecule has 3 rings (SSSR count). The van der Waals surface area contributed by atoms with Crippen LogP contribution in [0.5, 0.6) is 0 Å². The molecule has 2 aromatic heterocycles. The number of hydrogen-bond donors (Lipinski definition) is 1. The van der Waals surface area contributed by atoms with Gasteiger partial charge in [-0.3, -0.25) is 4.79 Å². The molecule has 1 amide bonds. The Morgan fingerprint density at radius 3 is 2.91 bits per heavy atom. The Hall–Kier alpha value is -2.40. The summed E-state index contributed by atoms with van der Waals surface area (Å²) in [5.74, 6) is -0.0593. The van der Waals surface area contributed by atoms with Crippen molar-refractivity contribution in [2.45, 2.75) is 19.9 Å². The van der Waals surface area contributed by atoms with Crippen LogP contribution >= 0.6 is 11.3 Å². The van der Waals surface area contributed by atoms with Crippen LogP contribution < -0.4 is 10.9 Å². The van der Waals surface area contributed by atoms with Crippen LogP contribution in [-0.2, 0) is 17.8 Å². The van der Waals surface area contributed by atoms with E-state index in [1.54, 1.807) is 11.3 Å². The van der Waals surface area contributed by atoms with E-state index in [-0.39, 0.29) is 5.91 Å². The van der Waals surface area contributed by atoms with Gasteiger partial charge in [-0.2, -0.15) is 0 Å². The smallest absolute Gasteiger partial charge is 0.336 e. The van der Waals surface area contributed by atoms with Gasteiger partial charge in [-0.05, 0) is 35.6 Å². The van der Waals surface area contributed by atoms with E-state index in [9.17, 15) is 9.59 Å². The molecule has 0 unspecified atom stereocenters. The summed E-state index contributed by atoms with van der Waals surface area (Å²) in [5.41, 5.74) is 1.94. The van der Waals surface area contributed by atoms with Crippen LogP contribution in [0.1, 0.15) is 16.0 Å². The predicted octanol–water partition coefficient (Wildman–Crippen LogP) is 3.02. The Balaban J connectivity index is 1.79. The number of thiophene rings is 1. The maximum atomic E-state index is 12.0. The standard InChI is InChI=1S/C17H15NO3S/c1-11-4-5-14-12(8-17(20)21-15(14)7-11)10-18-16(19)9-13-3-2-6-22-13/h2-8H,9-10H2,1H3,(H,18,19). The molecule has 0 aliphatic rings. The summed E-state index contributed by atoms with van der Waals surface area (Å²) in [6.45, 7) is 2.25. The van der Waals surface area contributed by atoms with E-state index in [0.29, 0.717) is 18.5 Å². The summed E-state index contributed by atoms with van der Waals surface area (Å²) in [6.07, 6.45) is 0.357. The summed E-state index contributed by atoms with van der Waals surface area (Å²) in [6, 6.07) is 11.0. The third-order valence-corrected chi connectivity index (χ3v) is 4.25. The van der Waals surface area contributed by atoms with Crippen molar-refractivity contribution in [2.75, 3.05) is 0 Å². The number of rotatable bonds is 4. The van der Waals surface area contributed by atoms with Gasteiger partial charge in [0.1, 0.15) is 5.58 Å².